The summed E-state index contributed by atoms with van der Waals surface area (Å²) in [5, 5.41) is 8.78. The molecule has 3 aromatic rings. The highest BCUT2D eigenvalue weighted by Gasteiger charge is 2.27. The average Bonchev–Trinajstić information content (AvgIpc) is 3.39. The van der Waals surface area contributed by atoms with E-state index in [-0.39, 0.29) is 11.8 Å². The molecule has 1 aliphatic carbocycles. The highest BCUT2D eigenvalue weighted by Crippen LogP contribution is 2.33. The molecule has 0 radical (unpaired) electrons. The minimum atomic E-state index is -0.119. The summed E-state index contributed by atoms with van der Waals surface area (Å²) in [6.45, 7) is 0.632. The van der Waals surface area contributed by atoms with Crippen molar-refractivity contribution in [2.45, 2.75) is 31.7 Å². The van der Waals surface area contributed by atoms with Crippen molar-refractivity contribution in [2.24, 2.45) is 11.1 Å². The Morgan fingerprint density at radius 3 is 2.97 bits per heavy atom. The van der Waals surface area contributed by atoms with Crippen LogP contribution in [0, 0.1) is 5.92 Å². The van der Waals surface area contributed by atoms with E-state index in [0.717, 1.165) is 42.6 Å². The van der Waals surface area contributed by atoms with Crippen LogP contribution < -0.4 is 10.5 Å². The van der Waals surface area contributed by atoms with Gasteiger partial charge in [-0.3, -0.25) is 9.93 Å². The number of nitrogens with two attached hydrogens (primary N) is 1. The van der Waals surface area contributed by atoms with Crippen molar-refractivity contribution in [1.82, 2.24) is 9.97 Å². The lowest BCUT2D eigenvalue weighted by Gasteiger charge is -2.15. The van der Waals surface area contributed by atoms with Crippen molar-refractivity contribution < 1.29 is 8.98 Å². The zero-order valence-electron chi connectivity index (χ0n) is 16.8. The molecule has 2 heterocycles. The molecule has 0 bridgehead atoms. The summed E-state index contributed by atoms with van der Waals surface area (Å²) < 4.78 is 5.90. The van der Waals surface area contributed by atoms with Gasteiger partial charge in [0.25, 0.3) is 0 Å². The number of thiophene rings is 1. The molecule has 0 unspecified atom stereocenters. The molecule has 2 atom stereocenters. The molecule has 1 fully saturated rings. The number of nitrogens with one attached hydrogen (secondary N) is 1. The average molecular weight is 475 g/mol. The number of carbonyl (C=O) groups excluding carboxylic acids is 1. The predicted molar refractivity (Wildman–Crippen MR) is 127 cm³/mol. The van der Waals surface area contributed by atoms with E-state index in [4.69, 9.17) is 20.9 Å². The van der Waals surface area contributed by atoms with Gasteiger partial charge in [-0.25, -0.2) is 9.97 Å². The lowest BCUT2D eigenvalue weighted by Crippen LogP contribution is -2.20. The van der Waals surface area contributed by atoms with E-state index >= 15 is 0 Å². The largest absolute Gasteiger partial charge is 0.367 e. The predicted octanol–water partition coefficient (Wildman–Crippen LogP) is 5.13. The molecular formula is C22H23ClN4O2S2. The van der Waals surface area contributed by atoms with Crippen LogP contribution in [0.4, 0.5) is 5.82 Å². The van der Waals surface area contributed by atoms with E-state index < -0.39 is 0 Å². The van der Waals surface area contributed by atoms with Crippen molar-refractivity contribution >= 4 is 46.8 Å². The fraction of sp³-hybridized carbons (Fsp3) is 0.318. The number of hydrogen-bond donors (Lipinski definition) is 2. The molecule has 0 aliphatic heterocycles. The van der Waals surface area contributed by atoms with Crippen molar-refractivity contribution in [1.29, 1.82) is 0 Å². The quantitative estimate of drug-likeness (QED) is 0.252. The van der Waals surface area contributed by atoms with E-state index in [0.29, 0.717) is 39.5 Å². The first-order valence-corrected chi connectivity index (χ1v) is 12.1. The molecular weight excluding hydrogens is 452 g/mol. The molecule has 0 spiro atoms. The SMILES string of the molecule is NSOC[C@@H]1CC[C@H](Nc2ncncc2C(=O)c2cc(Cc3ccccc3)c(Cl)s2)C1. The molecule has 1 aromatic carbocycles. The number of rotatable bonds is 9. The Balaban J connectivity index is 1.48. The van der Waals surface area contributed by atoms with Crippen LogP contribution in [0.3, 0.4) is 0 Å². The molecule has 1 saturated carbocycles. The van der Waals surface area contributed by atoms with Crippen LogP contribution in [-0.4, -0.2) is 28.4 Å². The number of hydrogen-bond acceptors (Lipinski definition) is 8. The zero-order valence-corrected chi connectivity index (χ0v) is 19.2. The highest BCUT2D eigenvalue weighted by molar-refractivity contribution is 7.92. The molecule has 1 aliphatic rings. The maximum absolute atomic E-state index is 13.3. The van der Waals surface area contributed by atoms with Crippen molar-refractivity contribution in [3.05, 3.63) is 74.8 Å². The van der Waals surface area contributed by atoms with E-state index in [1.807, 2.05) is 24.3 Å². The Hall–Kier alpha value is -1.97. The van der Waals surface area contributed by atoms with Gasteiger partial charge >= 0.3 is 0 Å². The molecule has 31 heavy (non-hydrogen) atoms. The minimum absolute atomic E-state index is 0.119. The lowest BCUT2D eigenvalue weighted by atomic mass is 10.1. The first-order chi connectivity index (χ1) is 15.1. The third-order valence-electron chi connectivity index (χ3n) is 5.43. The van der Waals surface area contributed by atoms with Gasteiger partial charge in [0.15, 0.2) is 0 Å². The van der Waals surface area contributed by atoms with Gasteiger partial charge in [-0.15, -0.1) is 11.3 Å². The van der Waals surface area contributed by atoms with Crippen molar-refractivity contribution in [2.75, 3.05) is 11.9 Å². The first kappa shape index (κ1) is 22.2. The van der Waals surface area contributed by atoms with E-state index in [1.54, 1.807) is 6.20 Å². The molecule has 0 amide bonds. The molecule has 9 heteroatoms. The van der Waals surface area contributed by atoms with Crippen LogP contribution >= 0.6 is 35.2 Å². The lowest BCUT2D eigenvalue weighted by molar-refractivity contribution is 0.104. The second-order valence-electron chi connectivity index (χ2n) is 7.59. The number of nitrogens with zero attached hydrogens (tertiary/aromatic N) is 2. The van der Waals surface area contributed by atoms with Crippen molar-refractivity contribution in [3.63, 3.8) is 0 Å². The normalized spacial score (nSPS) is 18.3. The summed E-state index contributed by atoms with van der Waals surface area (Å²) in [5.41, 5.74) is 2.56. The van der Waals surface area contributed by atoms with Gasteiger partial charge in [0.2, 0.25) is 5.78 Å². The molecule has 4 rings (SSSR count). The van der Waals surface area contributed by atoms with Crippen LogP contribution in [-0.2, 0) is 10.6 Å². The Kier molecular flexibility index (Phi) is 7.58. The van der Waals surface area contributed by atoms with E-state index in [9.17, 15) is 4.79 Å². The maximum atomic E-state index is 13.3. The number of ketones is 1. The number of aromatic nitrogens is 2. The van der Waals surface area contributed by atoms with E-state index in [2.05, 4.69) is 27.4 Å². The summed E-state index contributed by atoms with van der Waals surface area (Å²) in [5.74, 6) is 0.895. The molecule has 2 aromatic heterocycles. The zero-order chi connectivity index (χ0) is 21.6. The molecule has 3 N–H and O–H groups in total. The third kappa shape index (κ3) is 5.64. The van der Waals surface area contributed by atoms with Gasteiger partial charge in [-0.05, 0) is 48.8 Å². The summed E-state index contributed by atoms with van der Waals surface area (Å²) >= 11 is 8.66. The van der Waals surface area contributed by atoms with Gasteiger partial charge in [0.1, 0.15) is 12.1 Å². The number of halogens is 1. The maximum Gasteiger partial charge on any atom is 0.208 e. The molecule has 162 valence electrons. The first-order valence-electron chi connectivity index (χ1n) is 10.1. The van der Waals surface area contributed by atoms with Gasteiger partial charge in [-0.1, -0.05) is 41.9 Å². The number of anilines is 1. The van der Waals surface area contributed by atoms with Crippen LogP contribution in [0.15, 0.2) is 48.9 Å². The Morgan fingerprint density at radius 1 is 1.32 bits per heavy atom. The number of benzene rings is 1. The number of carbonyl (C=O) groups is 1. The smallest absolute Gasteiger partial charge is 0.208 e. The van der Waals surface area contributed by atoms with Gasteiger partial charge < -0.3 is 9.50 Å². The van der Waals surface area contributed by atoms with Gasteiger partial charge in [0, 0.05) is 12.2 Å². The van der Waals surface area contributed by atoms with Gasteiger partial charge in [0.05, 0.1) is 33.6 Å². The Labute approximate surface area is 194 Å². The summed E-state index contributed by atoms with van der Waals surface area (Å²) in [4.78, 5) is 22.3. The second-order valence-corrected chi connectivity index (χ2v) is 9.67. The summed E-state index contributed by atoms with van der Waals surface area (Å²) in [6.07, 6.45) is 6.71. The second kappa shape index (κ2) is 10.6. The van der Waals surface area contributed by atoms with Crippen LogP contribution in [0.1, 0.15) is 45.6 Å². The Morgan fingerprint density at radius 2 is 2.16 bits per heavy atom. The van der Waals surface area contributed by atoms with Gasteiger partial charge in [-0.2, -0.15) is 0 Å². The van der Waals surface area contributed by atoms with Crippen LogP contribution in [0.25, 0.3) is 0 Å². The molecule has 0 saturated heterocycles. The van der Waals surface area contributed by atoms with E-state index in [1.165, 1.54) is 17.7 Å². The standard InChI is InChI=1S/C22H23ClN4O2S2/c23-21-16(8-14-4-2-1-3-5-14)10-19(30-21)20(28)18-11-25-13-26-22(18)27-17-7-6-15(9-17)12-29-31-24/h1-5,10-11,13,15,17H,6-9,12,24H2,(H,25,26,27)/t15-,17+/m1/s1. The summed E-state index contributed by atoms with van der Waals surface area (Å²) in [7, 11) is 0. The Bertz CT molecular complexity index is 1030. The fourth-order valence-corrected chi connectivity index (χ4v) is 5.39. The topological polar surface area (TPSA) is 90.1 Å². The van der Waals surface area contributed by atoms with Crippen LogP contribution in [0.2, 0.25) is 4.34 Å². The monoisotopic (exact) mass is 474 g/mol. The third-order valence-corrected chi connectivity index (χ3v) is 7.14. The van der Waals surface area contributed by atoms with Crippen LogP contribution in [0.5, 0.6) is 0 Å². The van der Waals surface area contributed by atoms with Crippen molar-refractivity contribution in [3.8, 4) is 0 Å². The molecule has 6 nitrogen and oxygen atoms in total. The minimum Gasteiger partial charge on any atom is -0.367 e. The highest BCUT2D eigenvalue weighted by atomic mass is 35.5. The fourth-order valence-electron chi connectivity index (χ4n) is 3.88. The summed E-state index contributed by atoms with van der Waals surface area (Å²) in [6, 6.07) is 12.2.